The second kappa shape index (κ2) is 6.45. The monoisotopic (exact) mass is 280 g/mol. The highest BCUT2D eigenvalue weighted by atomic mass is 15.4. The standard InChI is InChI=1S/C14H28N6/c1-11(2)20-14(13(15)12(3)17-20)16-5-6-19-9-7-18(4)8-10-19/h11,16H,5-10,15H2,1-4H3. The molecule has 1 aromatic heterocycles. The molecule has 114 valence electrons. The topological polar surface area (TPSA) is 62.4 Å². The maximum Gasteiger partial charge on any atom is 0.148 e. The van der Waals surface area contributed by atoms with Crippen LogP contribution in [0.4, 0.5) is 11.5 Å². The molecule has 2 heterocycles. The molecule has 0 bridgehead atoms. The van der Waals surface area contributed by atoms with Crippen LogP contribution in [-0.4, -0.2) is 65.9 Å². The predicted octanol–water partition coefficient (Wildman–Crippen LogP) is 1.01. The Morgan fingerprint density at radius 3 is 2.50 bits per heavy atom. The summed E-state index contributed by atoms with van der Waals surface area (Å²) in [4.78, 5) is 4.87. The number of nitrogens with zero attached hydrogens (tertiary/aromatic N) is 4. The van der Waals surface area contributed by atoms with Crippen LogP contribution in [0.1, 0.15) is 25.6 Å². The summed E-state index contributed by atoms with van der Waals surface area (Å²) in [6.45, 7) is 12.8. The van der Waals surface area contributed by atoms with Gasteiger partial charge >= 0.3 is 0 Å². The van der Waals surface area contributed by atoms with Crippen molar-refractivity contribution in [2.24, 2.45) is 0 Å². The number of likely N-dealkylation sites (N-methyl/N-ethyl adjacent to an activating group) is 1. The Morgan fingerprint density at radius 2 is 1.90 bits per heavy atom. The molecule has 6 nitrogen and oxygen atoms in total. The minimum atomic E-state index is 0.317. The predicted molar refractivity (Wildman–Crippen MR) is 84.2 cm³/mol. The van der Waals surface area contributed by atoms with Crippen LogP contribution in [0.25, 0.3) is 0 Å². The molecule has 0 aliphatic carbocycles. The highest BCUT2D eigenvalue weighted by molar-refractivity contribution is 5.64. The van der Waals surface area contributed by atoms with Crippen molar-refractivity contribution < 1.29 is 0 Å². The maximum absolute atomic E-state index is 6.11. The normalized spacial score (nSPS) is 17.9. The van der Waals surface area contributed by atoms with E-state index in [0.29, 0.717) is 6.04 Å². The highest BCUT2D eigenvalue weighted by Gasteiger charge is 2.16. The zero-order valence-electron chi connectivity index (χ0n) is 13.2. The van der Waals surface area contributed by atoms with Gasteiger partial charge in [-0.25, -0.2) is 4.68 Å². The van der Waals surface area contributed by atoms with E-state index in [1.807, 2.05) is 11.6 Å². The quantitative estimate of drug-likeness (QED) is 0.843. The molecular weight excluding hydrogens is 252 g/mol. The number of rotatable bonds is 5. The van der Waals surface area contributed by atoms with Crippen LogP contribution >= 0.6 is 0 Å². The number of nitrogens with one attached hydrogen (secondary N) is 1. The number of aromatic nitrogens is 2. The van der Waals surface area contributed by atoms with Crippen molar-refractivity contribution in [2.45, 2.75) is 26.8 Å². The van der Waals surface area contributed by atoms with Crippen molar-refractivity contribution in [3.05, 3.63) is 5.69 Å². The van der Waals surface area contributed by atoms with Crippen LogP contribution in [0, 0.1) is 6.92 Å². The smallest absolute Gasteiger partial charge is 0.148 e. The van der Waals surface area contributed by atoms with Gasteiger partial charge < -0.3 is 16.0 Å². The van der Waals surface area contributed by atoms with Gasteiger partial charge in [-0.15, -0.1) is 0 Å². The fourth-order valence-corrected chi connectivity index (χ4v) is 2.51. The van der Waals surface area contributed by atoms with Crippen molar-refractivity contribution in [2.75, 3.05) is 57.4 Å². The van der Waals surface area contributed by atoms with Crippen LogP contribution in [0.15, 0.2) is 0 Å². The second-order valence-corrected chi connectivity index (χ2v) is 5.96. The number of hydrogen-bond acceptors (Lipinski definition) is 5. The van der Waals surface area contributed by atoms with Gasteiger partial charge in [0, 0.05) is 45.3 Å². The molecular formula is C14H28N6. The molecule has 0 spiro atoms. The zero-order chi connectivity index (χ0) is 14.7. The molecule has 6 heteroatoms. The van der Waals surface area contributed by atoms with E-state index < -0.39 is 0 Å². The summed E-state index contributed by atoms with van der Waals surface area (Å²) in [6.07, 6.45) is 0. The molecule has 1 aromatic rings. The van der Waals surface area contributed by atoms with Crippen LogP contribution < -0.4 is 11.1 Å². The van der Waals surface area contributed by atoms with E-state index >= 15 is 0 Å². The van der Waals surface area contributed by atoms with E-state index in [1.54, 1.807) is 0 Å². The number of anilines is 2. The lowest BCUT2D eigenvalue weighted by Gasteiger charge is -2.32. The zero-order valence-corrected chi connectivity index (χ0v) is 13.2. The van der Waals surface area contributed by atoms with Crippen molar-refractivity contribution in [1.82, 2.24) is 19.6 Å². The number of aryl methyl sites for hydroxylation is 1. The fourth-order valence-electron chi connectivity index (χ4n) is 2.51. The lowest BCUT2D eigenvalue weighted by molar-refractivity contribution is 0.158. The van der Waals surface area contributed by atoms with E-state index in [4.69, 9.17) is 5.73 Å². The van der Waals surface area contributed by atoms with E-state index in [2.05, 4.69) is 41.1 Å². The van der Waals surface area contributed by atoms with Crippen LogP contribution in [0.5, 0.6) is 0 Å². The molecule has 1 aliphatic rings. The average molecular weight is 280 g/mol. The van der Waals surface area contributed by atoms with Gasteiger partial charge in [-0.2, -0.15) is 5.10 Å². The van der Waals surface area contributed by atoms with Crippen LogP contribution in [0.3, 0.4) is 0 Å². The molecule has 0 atom stereocenters. The lowest BCUT2D eigenvalue weighted by Crippen LogP contribution is -2.45. The third-order valence-corrected chi connectivity index (χ3v) is 3.94. The molecule has 1 saturated heterocycles. The molecule has 1 fully saturated rings. The summed E-state index contributed by atoms with van der Waals surface area (Å²) < 4.78 is 1.98. The molecule has 20 heavy (non-hydrogen) atoms. The molecule has 0 radical (unpaired) electrons. The number of nitrogens with two attached hydrogens (primary N) is 1. The Kier molecular flexibility index (Phi) is 4.88. The Bertz CT molecular complexity index is 431. The van der Waals surface area contributed by atoms with Gasteiger partial charge in [0.15, 0.2) is 0 Å². The second-order valence-electron chi connectivity index (χ2n) is 5.96. The molecule has 0 saturated carbocycles. The number of nitrogen functional groups attached to an aromatic ring is 1. The van der Waals surface area contributed by atoms with Crippen molar-refractivity contribution in [1.29, 1.82) is 0 Å². The molecule has 1 aliphatic heterocycles. The van der Waals surface area contributed by atoms with E-state index in [-0.39, 0.29) is 0 Å². The van der Waals surface area contributed by atoms with E-state index in [1.165, 1.54) is 0 Å². The number of piperazine rings is 1. The SMILES string of the molecule is Cc1nn(C(C)C)c(NCCN2CCN(C)CC2)c1N. The van der Waals surface area contributed by atoms with Gasteiger partial charge in [-0.1, -0.05) is 0 Å². The van der Waals surface area contributed by atoms with E-state index in [0.717, 1.165) is 56.5 Å². The third-order valence-electron chi connectivity index (χ3n) is 3.94. The first kappa shape index (κ1) is 15.1. The van der Waals surface area contributed by atoms with Crippen molar-refractivity contribution in [3.63, 3.8) is 0 Å². The Balaban J connectivity index is 1.88. The molecule has 3 N–H and O–H groups in total. The van der Waals surface area contributed by atoms with Gasteiger partial charge in [-0.05, 0) is 27.8 Å². The average Bonchev–Trinajstić information content (AvgIpc) is 2.69. The fraction of sp³-hybridized carbons (Fsp3) is 0.786. The summed E-state index contributed by atoms with van der Waals surface area (Å²) in [7, 11) is 2.18. The van der Waals surface area contributed by atoms with Crippen LogP contribution in [0.2, 0.25) is 0 Å². The van der Waals surface area contributed by atoms with Gasteiger partial charge in [-0.3, -0.25) is 4.90 Å². The summed E-state index contributed by atoms with van der Waals surface area (Å²) >= 11 is 0. The first-order valence-corrected chi connectivity index (χ1v) is 7.48. The van der Waals surface area contributed by atoms with E-state index in [9.17, 15) is 0 Å². The first-order chi connectivity index (χ1) is 9.49. The van der Waals surface area contributed by atoms with Crippen LogP contribution in [-0.2, 0) is 0 Å². The molecule has 0 aromatic carbocycles. The maximum atomic E-state index is 6.11. The van der Waals surface area contributed by atoms with Crippen molar-refractivity contribution >= 4 is 11.5 Å². The van der Waals surface area contributed by atoms with Gasteiger partial charge in [0.25, 0.3) is 0 Å². The Labute approximate surface area is 121 Å². The van der Waals surface area contributed by atoms with Gasteiger partial charge in [0.2, 0.25) is 0 Å². The largest absolute Gasteiger partial charge is 0.394 e. The first-order valence-electron chi connectivity index (χ1n) is 7.48. The Hall–Kier alpha value is -1.27. The minimum absolute atomic E-state index is 0.317. The summed E-state index contributed by atoms with van der Waals surface area (Å²) in [6, 6.07) is 0.317. The van der Waals surface area contributed by atoms with Gasteiger partial charge in [0.1, 0.15) is 5.82 Å². The lowest BCUT2D eigenvalue weighted by atomic mass is 10.3. The molecule has 0 amide bonds. The highest BCUT2D eigenvalue weighted by Crippen LogP contribution is 2.25. The summed E-state index contributed by atoms with van der Waals surface area (Å²) in [5.74, 6) is 0.964. The van der Waals surface area contributed by atoms with Crippen molar-refractivity contribution in [3.8, 4) is 0 Å². The van der Waals surface area contributed by atoms with Gasteiger partial charge in [0.05, 0.1) is 11.4 Å². The molecule has 0 unspecified atom stereocenters. The summed E-state index contributed by atoms with van der Waals surface area (Å²) in [5.41, 5.74) is 7.79. The Morgan fingerprint density at radius 1 is 1.25 bits per heavy atom. The minimum Gasteiger partial charge on any atom is -0.394 e. The molecule has 2 rings (SSSR count). The third kappa shape index (κ3) is 3.43. The number of hydrogen-bond donors (Lipinski definition) is 2. The summed E-state index contributed by atoms with van der Waals surface area (Å²) in [5, 5.41) is 7.96.